The van der Waals surface area contributed by atoms with Gasteiger partial charge < -0.3 is 9.64 Å². The molecule has 20 heavy (non-hydrogen) atoms. The summed E-state index contributed by atoms with van der Waals surface area (Å²) in [6.45, 7) is 2.52. The zero-order valence-electron chi connectivity index (χ0n) is 11.5. The highest BCUT2D eigenvalue weighted by atomic mass is 79.9. The van der Waals surface area contributed by atoms with E-state index in [-0.39, 0.29) is 5.91 Å². The molecule has 1 heterocycles. The molecule has 0 saturated heterocycles. The van der Waals surface area contributed by atoms with Crippen molar-refractivity contribution in [3.63, 3.8) is 0 Å². The number of nitrogens with zero attached hydrogens (tertiary/aromatic N) is 2. The van der Waals surface area contributed by atoms with E-state index in [4.69, 9.17) is 4.74 Å². The molecule has 4 nitrogen and oxygen atoms in total. The average Bonchev–Trinajstić information content (AvgIpc) is 2.83. The number of hydrogen-bond acceptors (Lipinski definition) is 4. The molecule has 2 aromatic rings. The van der Waals surface area contributed by atoms with Crippen molar-refractivity contribution in [2.45, 2.75) is 13.5 Å². The van der Waals surface area contributed by atoms with Gasteiger partial charge in [-0.1, -0.05) is 0 Å². The number of amides is 1. The van der Waals surface area contributed by atoms with Crippen LogP contribution in [-0.2, 0) is 6.54 Å². The first kappa shape index (κ1) is 15.0. The number of carbonyl (C=O) groups is 1. The number of carbonyl (C=O) groups excluding carboxylic acids is 1. The second-order valence-electron chi connectivity index (χ2n) is 4.36. The van der Waals surface area contributed by atoms with Gasteiger partial charge in [-0.05, 0) is 41.1 Å². The molecular formula is C14H15BrN2O2S. The summed E-state index contributed by atoms with van der Waals surface area (Å²) < 4.78 is 5.93. The monoisotopic (exact) mass is 354 g/mol. The Morgan fingerprint density at radius 1 is 1.50 bits per heavy atom. The van der Waals surface area contributed by atoms with Crippen LogP contribution in [0.25, 0.3) is 0 Å². The minimum Gasteiger partial charge on any atom is -0.496 e. The van der Waals surface area contributed by atoms with Gasteiger partial charge in [0.05, 0.1) is 23.1 Å². The summed E-state index contributed by atoms with van der Waals surface area (Å²) in [5, 5.41) is 1.01. The molecule has 106 valence electrons. The summed E-state index contributed by atoms with van der Waals surface area (Å²) in [4.78, 5) is 19.3. The Bertz CT molecular complexity index is 627. The molecule has 0 bridgehead atoms. The van der Waals surface area contributed by atoms with E-state index in [2.05, 4.69) is 20.9 Å². The summed E-state index contributed by atoms with van der Waals surface area (Å²) in [6.07, 6.45) is 1.81. The molecule has 0 unspecified atom stereocenters. The maximum Gasteiger partial charge on any atom is 0.253 e. The number of methoxy groups -OCH3 is 1. The lowest BCUT2D eigenvalue weighted by molar-refractivity contribution is 0.0786. The predicted octanol–water partition coefficient (Wildman–Crippen LogP) is 3.49. The second-order valence-corrected chi connectivity index (χ2v) is 6.53. The third-order valence-electron chi connectivity index (χ3n) is 2.81. The molecule has 0 spiro atoms. The van der Waals surface area contributed by atoms with Gasteiger partial charge >= 0.3 is 0 Å². The smallest absolute Gasteiger partial charge is 0.253 e. The molecule has 1 aromatic heterocycles. The largest absolute Gasteiger partial charge is 0.496 e. The maximum absolute atomic E-state index is 12.4. The lowest BCUT2D eigenvalue weighted by Gasteiger charge is -2.16. The van der Waals surface area contributed by atoms with Crippen LogP contribution in [0.5, 0.6) is 5.75 Å². The van der Waals surface area contributed by atoms with E-state index in [1.807, 2.05) is 13.1 Å². The van der Waals surface area contributed by atoms with Crippen molar-refractivity contribution in [3.8, 4) is 5.75 Å². The third kappa shape index (κ3) is 3.37. The molecule has 0 atom stereocenters. The van der Waals surface area contributed by atoms with Gasteiger partial charge in [-0.25, -0.2) is 4.98 Å². The lowest BCUT2D eigenvalue weighted by atomic mass is 10.2. The molecule has 2 rings (SSSR count). The van der Waals surface area contributed by atoms with Crippen LogP contribution in [0.2, 0.25) is 0 Å². The number of aryl methyl sites for hydroxylation is 1. The van der Waals surface area contributed by atoms with E-state index in [0.717, 1.165) is 14.4 Å². The minimum atomic E-state index is -0.0283. The van der Waals surface area contributed by atoms with Crippen LogP contribution in [0.15, 0.2) is 28.9 Å². The van der Waals surface area contributed by atoms with Gasteiger partial charge in [-0.15, -0.1) is 11.3 Å². The van der Waals surface area contributed by atoms with Crippen molar-refractivity contribution in [2.24, 2.45) is 0 Å². The first-order valence-corrected chi connectivity index (χ1v) is 7.62. The summed E-state index contributed by atoms with van der Waals surface area (Å²) in [5.74, 6) is 0.682. The molecule has 6 heteroatoms. The van der Waals surface area contributed by atoms with E-state index in [0.29, 0.717) is 17.9 Å². The molecule has 1 amide bonds. The van der Waals surface area contributed by atoms with E-state index >= 15 is 0 Å². The fraction of sp³-hybridized carbons (Fsp3) is 0.286. The van der Waals surface area contributed by atoms with Crippen LogP contribution in [0, 0.1) is 6.92 Å². The fourth-order valence-electron chi connectivity index (χ4n) is 1.80. The molecule has 0 N–H and O–H groups in total. The highest BCUT2D eigenvalue weighted by Crippen LogP contribution is 2.26. The molecule has 0 saturated carbocycles. The van der Waals surface area contributed by atoms with Crippen molar-refractivity contribution in [3.05, 3.63) is 44.3 Å². The number of halogens is 1. The van der Waals surface area contributed by atoms with Gasteiger partial charge in [0.15, 0.2) is 0 Å². The molecular weight excluding hydrogens is 340 g/mol. The number of thiazole rings is 1. The van der Waals surface area contributed by atoms with Gasteiger partial charge in [0.25, 0.3) is 5.91 Å². The maximum atomic E-state index is 12.4. The number of hydrogen-bond donors (Lipinski definition) is 0. The standard InChI is InChI=1S/C14H15BrN2O2S/c1-9-16-7-11(20-9)8-17(2)14(18)10-4-5-13(19-3)12(15)6-10/h4-7H,8H2,1-3H3. The Kier molecular flexibility index (Phi) is 4.77. The van der Waals surface area contributed by atoms with Crippen LogP contribution in [-0.4, -0.2) is 29.9 Å². The van der Waals surface area contributed by atoms with E-state index in [9.17, 15) is 4.79 Å². The van der Waals surface area contributed by atoms with Crippen LogP contribution >= 0.6 is 27.3 Å². The third-order valence-corrected chi connectivity index (χ3v) is 4.32. The Hall–Kier alpha value is -1.40. The average molecular weight is 355 g/mol. The molecule has 0 fully saturated rings. The van der Waals surface area contributed by atoms with Crippen LogP contribution < -0.4 is 4.74 Å². The Labute approximate surface area is 130 Å². The Morgan fingerprint density at radius 3 is 2.80 bits per heavy atom. The van der Waals surface area contributed by atoms with Gasteiger partial charge in [-0.3, -0.25) is 4.79 Å². The van der Waals surface area contributed by atoms with Crippen LogP contribution in [0.4, 0.5) is 0 Å². The topological polar surface area (TPSA) is 42.4 Å². The Balaban J connectivity index is 2.12. The van der Waals surface area contributed by atoms with E-state index < -0.39 is 0 Å². The lowest BCUT2D eigenvalue weighted by Crippen LogP contribution is -2.25. The normalized spacial score (nSPS) is 10.4. The zero-order valence-corrected chi connectivity index (χ0v) is 13.9. The quantitative estimate of drug-likeness (QED) is 0.843. The van der Waals surface area contributed by atoms with Gasteiger partial charge in [-0.2, -0.15) is 0 Å². The summed E-state index contributed by atoms with van der Waals surface area (Å²) in [5.41, 5.74) is 0.626. The van der Waals surface area contributed by atoms with Crippen LogP contribution in [0.1, 0.15) is 20.2 Å². The second kappa shape index (κ2) is 6.37. The summed E-state index contributed by atoms with van der Waals surface area (Å²) in [7, 11) is 3.38. The highest BCUT2D eigenvalue weighted by molar-refractivity contribution is 9.10. The first-order valence-electron chi connectivity index (χ1n) is 6.01. The minimum absolute atomic E-state index is 0.0283. The molecule has 1 aromatic carbocycles. The Morgan fingerprint density at radius 2 is 2.25 bits per heavy atom. The van der Waals surface area contributed by atoms with Gasteiger partial charge in [0.2, 0.25) is 0 Å². The van der Waals surface area contributed by atoms with Gasteiger partial charge in [0.1, 0.15) is 5.75 Å². The molecule has 0 aliphatic heterocycles. The van der Waals surface area contributed by atoms with Crippen molar-refractivity contribution in [1.82, 2.24) is 9.88 Å². The zero-order chi connectivity index (χ0) is 14.7. The van der Waals surface area contributed by atoms with E-state index in [1.165, 1.54) is 0 Å². The van der Waals surface area contributed by atoms with E-state index in [1.54, 1.807) is 48.6 Å². The van der Waals surface area contributed by atoms with Crippen LogP contribution in [0.3, 0.4) is 0 Å². The first-order chi connectivity index (χ1) is 9.51. The molecule has 0 aliphatic rings. The molecule has 0 radical (unpaired) electrons. The summed E-state index contributed by atoms with van der Waals surface area (Å²) in [6, 6.07) is 5.32. The van der Waals surface area contributed by atoms with Crippen molar-refractivity contribution in [1.29, 1.82) is 0 Å². The highest BCUT2D eigenvalue weighted by Gasteiger charge is 2.14. The number of aromatic nitrogens is 1. The fourth-order valence-corrected chi connectivity index (χ4v) is 3.19. The van der Waals surface area contributed by atoms with Crippen molar-refractivity contribution < 1.29 is 9.53 Å². The number of benzene rings is 1. The summed E-state index contributed by atoms with van der Waals surface area (Å²) >= 11 is 4.99. The van der Waals surface area contributed by atoms with Gasteiger partial charge in [0, 0.05) is 23.7 Å². The SMILES string of the molecule is COc1ccc(C(=O)N(C)Cc2cnc(C)s2)cc1Br. The number of ether oxygens (including phenoxy) is 1. The van der Waals surface area contributed by atoms with Crippen molar-refractivity contribution >= 4 is 33.2 Å². The molecule has 0 aliphatic carbocycles. The number of rotatable bonds is 4. The predicted molar refractivity (Wildman–Crippen MR) is 83.3 cm³/mol. The van der Waals surface area contributed by atoms with Crippen molar-refractivity contribution in [2.75, 3.05) is 14.2 Å².